The lowest BCUT2D eigenvalue weighted by atomic mass is 9.98. The molecule has 5 rings (SSSR count). The van der Waals surface area contributed by atoms with Crippen LogP contribution in [0.4, 0.5) is 10.6 Å². The molecule has 2 amide bonds. The molecule has 2 aliphatic heterocycles. The number of nitrogens with one attached hydrogen (secondary N) is 2. The van der Waals surface area contributed by atoms with Gasteiger partial charge in [-0.3, -0.25) is 14.7 Å². The standard InChI is InChI=1S/C25H30N4O8/c1-3-26-23(32)27-17-9-10-29(24(33)28-17)20-18-19(36-22(35-18)14-7-5-4-6-8-14)25(2,37-20)13-34-12-15-11-16(15)21(30)31/h4-10,15-16,18-20,22H,3,11-13H2,1-2H3,(H,30,31)(H2,26,27,28,32,33)/t15?,16?,18?,19?,20?,22-,25-/m1/s1. The van der Waals surface area contributed by atoms with Gasteiger partial charge in [0.2, 0.25) is 0 Å². The summed E-state index contributed by atoms with van der Waals surface area (Å²) < 4.78 is 26.1. The van der Waals surface area contributed by atoms with Crippen molar-refractivity contribution in [1.82, 2.24) is 14.9 Å². The number of fused-ring (bicyclic) bond motifs is 1. The molecule has 3 aliphatic rings. The number of carbonyl (C=O) groups excluding carboxylic acids is 1. The van der Waals surface area contributed by atoms with E-state index in [4.69, 9.17) is 24.1 Å². The van der Waals surface area contributed by atoms with E-state index in [9.17, 15) is 14.4 Å². The van der Waals surface area contributed by atoms with Crippen LogP contribution in [0.2, 0.25) is 0 Å². The summed E-state index contributed by atoms with van der Waals surface area (Å²) in [5.74, 6) is -1.10. The maximum absolute atomic E-state index is 12.9. The highest BCUT2D eigenvalue weighted by molar-refractivity contribution is 5.87. The summed E-state index contributed by atoms with van der Waals surface area (Å²) in [6.07, 6.45) is -0.658. The van der Waals surface area contributed by atoms with Crippen LogP contribution in [0.5, 0.6) is 0 Å². The molecule has 1 saturated carbocycles. The molecule has 12 nitrogen and oxygen atoms in total. The molecular weight excluding hydrogens is 484 g/mol. The third-order valence-corrected chi connectivity index (χ3v) is 6.84. The highest BCUT2D eigenvalue weighted by Crippen LogP contribution is 2.49. The van der Waals surface area contributed by atoms with Gasteiger partial charge in [-0.05, 0) is 32.3 Å². The number of hydrogen-bond acceptors (Lipinski definition) is 8. The zero-order valence-corrected chi connectivity index (χ0v) is 20.5. The lowest BCUT2D eigenvalue weighted by Crippen LogP contribution is -2.43. The van der Waals surface area contributed by atoms with Gasteiger partial charge in [0.05, 0.1) is 19.1 Å². The van der Waals surface area contributed by atoms with Crippen molar-refractivity contribution in [2.75, 3.05) is 25.1 Å². The third kappa shape index (κ3) is 5.23. The Morgan fingerprint density at radius 3 is 2.70 bits per heavy atom. The number of hydrogen-bond donors (Lipinski definition) is 3. The summed E-state index contributed by atoms with van der Waals surface area (Å²) in [7, 11) is 0. The number of aliphatic carboxylic acids is 1. The molecule has 0 spiro atoms. The van der Waals surface area contributed by atoms with Crippen LogP contribution in [0, 0.1) is 11.8 Å². The van der Waals surface area contributed by atoms with Crippen molar-refractivity contribution in [2.45, 2.75) is 50.6 Å². The van der Waals surface area contributed by atoms with E-state index in [0.717, 1.165) is 5.56 Å². The first kappa shape index (κ1) is 25.3. The molecule has 2 aromatic rings. The number of ether oxygens (including phenoxy) is 4. The normalized spacial score (nSPS) is 32.1. The predicted molar refractivity (Wildman–Crippen MR) is 129 cm³/mol. The van der Waals surface area contributed by atoms with Gasteiger partial charge in [0.25, 0.3) is 0 Å². The summed E-state index contributed by atoms with van der Waals surface area (Å²) in [5.41, 5.74) is -0.783. The van der Waals surface area contributed by atoms with Crippen LogP contribution >= 0.6 is 0 Å². The van der Waals surface area contributed by atoms with Gasteiger partial charge in [-0.25, -0.2) is 9.59 Å². The summed E-state index contributed by atoms with van der Waals surface area (Å²) in [6, 6.07) is 10.5. The van der Waals surface area contributed by atoms with E-state index in [1.807, 2.05) is 37.3 Å². The minimum absolute atomic E-state index is 0.0244. The molecule has 1 aromatic heterocycles. The van der Waals surface area contributed by atoms with Crippen LogP contribution in [-0.2, 0) is 23.7 Å². The van der Waals surface area contributed by atoms with E-state index in [1.165, 1.54) is 16.8 Å². The van der Waals surface area contributed by atoms with Gasteiger partial charge < -0.3 is 29.4 Å². The monoisotopic (exact) mass is 514 g/mol. The zero-order valence-electron chi connectivity index (χ0n) is 20.5. The minimum atomic E-state index is -0.982. The molecule has 7 atom stereocenters. The van der Waals surface area contributed by atoms with E-state index in [-0.39, 0.29) is 24.3 Å². The quantitative estimate of drug-likeness (QED) is 0.456. The molecule has 0 bridgehead atoms. The lowest BCUT2D eigenvalue weighted by molar-refractivity contribution is -0.193. The second kappa shape index (κ2) is 10.2. The maximum Gasteiger partial charge on any atom is 0.351 e. The number of rotatable bonds is 9. The van der Waals surface area contributed by atoms with Crippen molar-refractivity contribution >= 4 is 17.8 Å². The molecule has 37 heavy (non-hydrogen) atoms. The second-order valence-corrected chi connectivity index (χ2v) is 9.66. The Bertz CT molecular complexity index is 1210. The van der Waals surface area contributed by atoms with Gasteiger partial charge in [-0.2, -0.15) is 4.98 Å². The number of anilines is 1. The molecular formula is C25H30N4O8. The number of nitrogens with zero attached hydrogens (tertiary/aromatic N) is 2. The fourth-order valence-corrected chi connectivity index (χ4v) is 4.82. The topological polar surface area (TPSA) is 150 Å². The van der Waals surface area contributed by atoms with Crippen molar-refractivity contribution in [3.8, 4) is 0 Å². The highest BCUT2D eigenvalue weighted by atomic mass is 16.8. The number of carbonyl (C=O) groups is 2. The predicted octanol–water partition coefficient (Wildman–Crippen LogP) is 1.89. The van der Waals surface area contributed by atoms with Gasteiger partial charge in [0.15, 0.2) is 12.5 Å². The van der Waals surface area contributed by atoms with Crippen LogP contribution < -0.4 is 16.3 Å². The first-order valence-electron chi connectivity index (χ1n) is 12.3. The van der Waals surface area contributed by atoms with Gasteiger partial charge in [0.1, 0.15) is 23.6 Å². The van der Waals surface area contributed by atoms with Crippen LogP contribution in [0.1, 0.15) is 38.3 Å². The summed E-state index contributed by atoms with van der Waals surface area (Å²) >= 11 is 0. The van der Waals surface area contributed by atoms with E-state index < -0.39 is 48.0 Å². The average Bonchev–Trinajstić information content (AvgIpc) is 3.41. The van der Waals surface area contributed by atoms with Gasteiger partial charge in [0, 0.05) is 18.3 Å². The van der Waals surface area contributed by atoms with Crippen LogP contribution in [0.25, 0.3) is 0 Å². The van der Waals surface area contributed by atoms with Crippen LogP contribution in [-0.4, -0.2) is 64.2 Å². The number of carboxylic acid groups (broad SMARTS) is 1. The van der Waals surface area contributed by atoms with E-state index in [2.05, 4.69) is 15.6 Å². The van der Waals surface area contributed by atoms with Gasteiger partial charge in [-0.15, -0.1) is 0 Å². The maximum atomic E-state index is 12.9. The lowest BCUT2D eigenvalue weighted by Gasteiger charge is -2.29. The minimum Gasteiger partial charge on any atom is -0.481 e. The molecule has 3 fully saturated rings. The average molecular weight is 515 g/mol. The first-order chi connectivity index (χ1) is 17.8. The number of amides is 2. The van der Waals surface area contributed by atoms with Crippen molar-refractivity contribution in [2.24, 2.45) is 11.8 Å². The van der Waals surface area contributed by atoms with E-state index in [1.54, 1.807) is 6.92 Å². The molecule has 12 heteroatoms. The molecule has 1 aromatic carbocycles. The number of urea groups is 1. The van der Waals surface area contributed by atoms with Crippen molar-refractivity contribution in [3.05, 3.63) is 58.6 Å². The largest absolute Gasteiger partial charge is 0.481 e. The van der Waals surface area contributed by atoms with Crippen LogP contribution in [0.15, 0.2) is 47.4 Å². The molecule has 1 aliphatic carbocycles. The Kier molecular flexibility index (Phi) is 6.99. The van der Waals surface area contributed by atoms with E-state index in [0.29, 0.717) is 19.6 Å². The zero-order chi connectivity index (χ0) is 26.2. The summed E-state index contributed by atoms with van der Waals surface area (Å²) in [5, 5.41) is 14.2. The molecule has 198 valence electrons. The Balaban J connectivity index is 1.35. The molecule has 3 N–H and O–H groups in total. The van der Waals surface area contributed by atoms with Crippen molar-refractivity contribution in [3.63, 3.8) is 0 Å². The van der Waals surface area contributed by atoms with E-state index >= 15 is 0 Å². The Morgan fingerprint density at radius 1 is 1.24 bits per heavy atom. The summed E-state index contributed by atoms with van der Waals surface area (Å²) in [4.78, 5) is 39.9. The van der Waals surface area contributed by atoms with Crippen LogP contribution in [0.3, 0.4) is 0 Å². The van der Waals surface area contributed by atoms with Gasteiger partial charge in [-0.1, -0.05) is 30.3 Å². The molecule has 0 radical (unpaired) electrons. The Hall–Kier alpha value is -3.32. The van der Waals surface area contributed by atoms with Crippen molar-refractivity contribution < 1.29 is 33.6 Å². The number of carboxylic acids is 1. The molecule has 5 unspecified atom stereocenters. The van der Waals surface area contributed by atoms with Crippen molar-refractivity contribution in [1.29, 1.82) is 0 Å². The van der Waals surface area contributed by atoms with Gasteiger partial charge >= 0.3 is 17.7 Å². The molecule has 2 saturated heterocycles. The fraction of sp³-hybridized carbons (Fsp3) is 0.520. The summed E-state index contributed by atoms with van der Waals surface area (Å²) in [6.45, 7) is 4.45. The highest BCUT2D eigenvalue weighted by Gasteiger charge is 2.60. The number of aromatic nitrogens is 2. The Labute approximate surface area is 212 Å². The smallest absolute Gasteiger partial charge is 0.351 e. The number of benzene rings is 1. The SMILES string of the molecule is CCNC(=O)Nc1ccn(C2O[C@](C)(COCC3CC3C(=O)O)C3O[C@H](c4ccccc4)OC23)c(=O)n1. The third-order valence-electron chi connectivity index (χ3n) is 6.84. The fourth-order valence-electron chi connectivity index (χ4n) is 4.82. The molecule has 3 heterocycles. The second-order valence-electron chi connectivity index (χ2n) is 9.66. The Morgan fingerprint density at radius 2 is 2.03 bits per heavy atom. The first-order valence-corrected chi connectivity index (χ1v) is 12.3.